The molecule has 9 atom stereocenters. The van der Waals surface area contributed by atoms with Crippen molar-refractivity contribution in [2.75, 3.05) is 40.3 Å². The molecule has 0 aliphatic carbocycles. The number of ether oxygens (including phenoxy) is 6. The Morgan fingerprint density at radius 3 is 1.08 bits per heavy atom. The van der Waals surface area contributed by atoms with Crippen LogP contribution in [0.2, 0.25) is 0 Å². The number of aromatic carboxylic acids is 2. The summed E-state index contributed by atoms with van der Waals surface area (Å²) in [6.45, 7) is 7.09. The molecule has 3 amide bonds. The van der Waals surface area contributed by atoms with Gasteiger partial charge < -0.3 is 43.5 Å². The molecule has 2 N–H and O–H groups in total. The van der Waals surface area contributed by atoms with Crippen molar-refractivity contribution in [3.8, 4) is 72.9 Å². The SMILES string of the molecule is COc1cc(F)c(C(C)C)cc1-c1ccc(F)cc1[C@@H]1CC[C@H]2[C@@H](c3cc(C(F)(F)F)cc(C(F)(F)F)c3)OC(=O)N12.COc1ccc(-c2ccc(C(=O)O)cc2C)cc1-c1cnc(N(C)C)cc1[C@@H]1CC[C@H]2[C@@H](c3cc(C(F)(F)F)cc(C(F)(F)F)c3)OC(=O)N12.COc1ccc(-c2cnc(C(=O)O)cc2C)cc1-c1ccc(F)cc1[C@@H]1CC[C@H]2[C@@H](c3cc(C(F)(F)F)cc(C(F)(F)F)c3)OC(=O)N12. The molecule has 6 aliphatic rings. The highest BCUT2D eigenvalue weighted by molar-refractivity contribution is 5.91. The van der Waals surface area contributed by atoms with Crippen LogP contribution in [0, 0.1) is 31.3 Å². The lowest BCUT2D eigenvalue weighted by atomic mass is 9.90. The number of aryl methyl sites for hydroxylation is 2. The fourth-order valence-corrected chi connectivity index (χ4v) is 19.1. The molecule has 2 aromatic heterocycles. The molecule has 0 unspecified atom stereocenters. The number of benzene rings is 9. The molecule has 736 valence electrons. The molecule has 0 radical (unpaired) electrons. The highest BCUT2D eigenvalue weighted by atomic mass is 19.4. The number of hydrogen-bond donors (Lipinski definition) is 2. The number of amides is 3. The standard InChI is InChI=1S/C36H31F6N3O5.C34H25F7N2O5.C30H25F8NO3/c1-18-11-20(33(46)47)5-7-24(18)19-6-10-30(49-4)26(14-19)27-17-43-31(44(2)3)16-25(27)28-8-9-29-32(50-34(48)45(28)29)21-12-22(35(37,38)39)15-23(13-21)36(40,41)42;1-16-9-26(31(44)45)42-15-25(16)17-3-8-29(47-2)24(12-17)22-5-4-21(35)14-23(22)27-6-7-28-30(48-32(46)43(27)28)18-10-19(33(36,37)38)13-20(11-18)34(39,40)41;1-14(2)20-12-22(26(41-3)13-23(20)32)19-5-4-18(31)11-21(19)24-6-7-25-27(42-28(40)39(24)25)15-8-16(29(33,34)35)10-17(9-15)30(36,37)38/h5-7,10-17,28-29,32H,8-9H2,1-4H3,(H,46,47);3-5,8-15,27-28,30H,6-7H2,1-2H3,(H,44,45);4-5,8-14,24-25,27H,6-7H2,1-3H3/t28-,29-,32+;27-,28-,30+;24-,25-,27+/m000/s1. The van der Waals surface area contributed by atoms with E-state index in [1.807, 2.05) is 12.1 Å². The largest absolute Gasteiger partial charge is 0.496 e. The molecule has 40 heteroatoms. The number of pyridine rings is 2. The molecule has 0 saturated carbocycles. The lowest BCUT2D eigenvalue weighted by Crippen LogP contribution is -2.31. The number of carbonyl (C=O) groups is 5. The van der Waals surface area contributed by atoms with Gasteiger partial charge in [-0.3, -0.25) is 14.7 Å². The maximum absolute atomic E-state index is 14.9. The molecule has 6 saturated heterocycles. The van der Waals surface area contributed by atoms with E-state index in [-0.39, 0.29) is 73.2 Å². The number of aromatic nitrogens is 2. The summed E-state index contributed by atoms with van der Waals surface area (Å²) in [6.07, 6.45) is -33.1. The van der Waals surface area contributed by atoms with Crippen LogP contribution in [0.15, 0.2) is 182 Å². The summed E-state index contributed by atoms with van der Waals surface area (Å²) in [7, 11) is 7.81. The van der Waals surface area contributed by atoms with Crippen molar-refractivity contribution < 1.29 is 155 Å². The number of carboxylic acids is 2. The van der Waals surface area contributed by atoms with Gasteiger partial charge in [0.15, 0.2) is 0 Å². The number of alkyl halides is 18. The number of methoxy groups -OCH3 is 3. The van der Waals surface area contributed by atoms with Gasteiger partial charge in [-0.05, 0) is 270 Å². The first-order chi connectivity index (χ1) is 65.6. The van der Waals surface area contributed by atoms with E-state index >= 15 is 0 Å². The van der Waals surface area contributed by atoms with Crippen LogP contribution in [-0.4, -0.2) is 119 Å². The van der Waals surface area contributed by atoms with Crippen molar-refractivity contribution in [3.63, 3.8) is 0 Å². The average Bonchev–Trinajstić information content (AvgIpc) is 1.58. The average molecular weight is 1970 g/mol. The second-order valence-corrected chi connectivity index (χ2v) is 34.7. The van der Waals surface area contributed by atoms with Crippen molar-refractivity contribution in [1.29, 1.82) is 0 Å². The van der Waals surface area contributed by atoms with Crippen molar-refractivity contribution in [2.45, 2.75) is 164 Å². The van der Waals surface area contributed by atoms with Gasteiger partial charge in [0.25, 0.3) is 0 Å². The van der Waals surface area contributed by atoms with E-state index in [9.17, 15) is 126 Å². The van der Waals surface area contributed by atoms with Gasteiger partial charge in [0, 0.05) is 60.4 Å². The van der Waals surface area contributed by atoms with E-state index in [1.54, 1.807) is 101 Å². The fourth-order valence-electron chi connectivity index (χ4n) is 19.1. The molecule has 0 spiro atoms. The number of hydrogen-bond acceptors (Lipinski definition) is 14. The summed E-state index contributed by atoms with van der Waals surface area (Å²) >= 11 is 0. The number of cyclic esters (lactones) is 3. The van der Waals surface area contributed by atoms with Gasteiger partial charge in [-0.15, -0.1) is 0 Å². The monoisotopic (exact) mass is 1970 g/mol. The number of nitrogens with zero attached hydrogens (tertiary/aromatic N) is 6. The summed E-state index contributed by atoms with van der Waals surface area (Å²) in [4.78, 5) is 77.0. The number of halogens is 21. The first-order valence-electron chi connectivity index (χ1n) is 43.0. The van der Waals surface area contributed by atoms with Crippen molar-refractivity contribution in [3.05, 3.63) is 294 Å². The van der Waals surface area contributed by atoms with Crippen LogP contribution >= 0.6 is 0 Å². The zero-order valence-corrected chi connectivity index (χ0v) is 74.8. The van der Waals surface area contributed by atoms with Crippen LogP contribution in [0.25, 0.3) is 55.6 Å². The van der Waals surface area contributed by atoms with Crippen LogP contribution in [-0.2, 0) is 51.3 Å². The Hall–Kier alpha value is -14.2. The Bertz CT molecular complexity index is 6620. The van der Waals surface area contributed by atoms with Crippen molar-refractivity contribution in [1.82, 2.24) is 24.7 Å². The molecular weight excluding hydrogens is 1890 g/mol. The van der Waals surface area contributed by atoms with Gasteiger partial charge in [-0.25, -0.2) is 47.1 Å². The summed E-state index contributed by atoms with van der Waals surface area (Å²) < 4.78 is 322. The molecule has 11 aromatic rings. The van der Waals surface area contributed by atoms with E-state index in [1.165, 1.54) is 96.8 Å². The number of anilines is 1. The molecule has 6 aliphatic heterocycles. The second kappa shape index (κ2) is 37.8. The lowest BCUT2D eigenvalue weighted by Gasteiger charge is -2.26. The summed E-state index contributed by atoms with van der Waals surface area (Å²) in [5, 5.41) is 18.7. The molecule has 140 heavy (non-hydrogen) atoms. The van der Waals surface area contributed by atoms with Crippen LogP contribution in [0.4, 0.5) is 112 Å². The minimum Gasteiger partial charge on any atom is -0.496 e. The maximum atomic E-state index is 14.9. The van der Waals surface area contributed by atoms with E-state index in [0.717, 1.165) is 16.7 Å². The van der Waals surface area contributed by atoms with Gasteiger partial charge in [0.1, 0.15) is 64.5 Å². The minimum atomic E-state index is -5.09. The first kappa shape index (κ1) is 100. The topological polar surface area (TPSA) is 220 Å². The Balaban J connectivity index is 0.000000159. The highest BCUT2D eigenvalue weighted by Crippen LogP contribution is 2.57. The van der Waals surface area contributed by atoms with Crippen LogP contribution in [0.3, 0.4) is 0 Å². The predicted octanol–water partition coefficient (Wildman–Crippen LogP) is 27.1. The number of fused-ring (bicyclic) bond motifs is 3. The number of rotatable bonds is 18. The van der Waals surface area contributed by atoms with Crippen LogP contribution in [0.1, 0.15) is 199 Å². The molecule has 9 aromatic carbocycles. The minimum absolute atomic E-state index is 0.00803. The summed E-state index contributed by atoms with van der Waals surface area (Å²) in [6, 6.07) is 27.5. The van der Waals surface area contributed by atoms with E-state index in [4.69, 9.17) is 28.4 Å². The number of carboxylic acid groups (broad SMARTS) is 2. The molecule has 6 fully saturated rings. The lowest BCUT2D eigenvalue weighted by molar-refractivity contribution is -0.144. The highest BCUT2D eigenvalue weighted by Gasteiger charge is 2.56. The Morgan fingerprint density at radius 1 is 0.386 bits per heavy atom. The Labute approximate surface area is 783 Å². The van der Waals surface area contributed by atoms with Crippen molar-refractivity contribution >= 4 is 36.0 Å². The zero-order chi connectivity index (χ0) is 102. The second-order valence-electron chi connectivity index (χ2n) is 34.7. The first-order valence-corrected chi connectivity index (χ1v) is 43.0. The fraction of sp³-hybridized carbons (Fsp3) is 0.310. The van der Waals surface area contributed by atoms with E-state index < -0.39 is 189 Å². The van der Waals surface area contributed by atoms with Gasteiger partial charge >= 0.3 is 67.3 Å². The van der Waals surface area contributed by atoms with Crippen LogP contribution in [0.5, 0.6) is 17.2 Å². The van der Waals surface area contributed by atoms with Crippen LogP contribution < -0.4 is 19.1 Å². The van der Waals surface area contributed by atoms with Gasteiger partial charge in [0.05, 0.1) is 96.5 Å². The molecule has 8 heterocycles. The van der Waals surface area contributed by atoms with E-state index in [0.29, 0.717) is 132 Å². The van der Waals surface area contributed by atoms with Crippen molar-refractivity contribution in [2.24, 2.45) is 0 Å². The Kier molecular flexibility index (Phi) is 27.1. The number of carbonyl (C=O) groups excluding carboxylic acids is 3. The smallest absolute Gasteiger partial charge is 0.416 e. The third-order valence-electron chi connectivity index (χ3n) is 25.6. The molecule has 0 bridgehead atoms. The normalized spacial score (nSPS) is 19.6. The quantitative estimate of drug-likeness (QED) is 0.0602. The predicted molar refractivity (Wildman–Crippen MR) is 463 cm³/mol. The van der Waals surface area contributed by atoms with Gasteiger partial charge in [0.2, 0.25) is 0 Å². The maximum Gasteiger partial charge on any atom is 0.416 e. The van der Waals surface area contributed by atoms with Gasteiger partial charge in [-0.1, -0.05) is 44.2 Å². The summed E-state index contributed by atoms with van der Waals surface area (Å²) in [5.74, 6) is -2.70. The zero-order valence-electron chi connectivity index (χ0n) is 74.8. The third kappa shape index (κ3) is 19.9. The molecule has 19 nitrogen and oxygen atoms in total. The third-order valence-corrected chi connectivity index (χ3v) is 25.6. The molecule has 17 rings (SSSR count). The van der Waals surface area contributed by atoms with E-state index in [2.05, 4.69) is 9.97 Å². The molecular formula is C100H81F21N6O13. The summed E-state index contributed by atoms with van der Waals surface area (Å²) in [5.41, 5.74) is -1.71. The Morgan fingerprint density at radius 2 is 0.736 bits per heavy atom. The van der Waals surface area contributed by atoms with Gasteiger partial charge in [-0.2, -0.15) is 79.0 Å².